The summed E-state index contributed by atoms with van der Waals surface area (Å²) in [5.74, 6) is -0.709. The largest absolute Gasteiger partial charge is 0.354 e. The van der Waals surface area contributed by atoms with Gasteiger partial charge >= 0.3 is 0 Å². The number of amides is 2. The van der Waals surface area contributed by atoms with E-state index < -0.39 is 22.0 Å². The van der Waals surface area contributed by atoms with E-state index in [1.165, 1.54) is 11.9 Å². The van der Waals surface area contributed by atoms with Crippen molar-refractivity contribution in [3.63, 3.8) is 0 Å². The smallest absolute Gasteiger partial charge is 0.242 e. The minimum absolute atomic E-state index is 0.178. The van der Waals surface area contributed by atoms with Gasteiger partial charge in [0, 0.05) is 25.2 Å². The first-order valence-electron chi connectivity index (χ1n) is 9.29. The Labute approximate surface area is 173 Å². The van der Waals surface area contributed by atoms with Crippen LogP contribution in [0.2, 0.25) is 5.02 Å². The normalized spacial score (nSPS) is 12.6. The second kappa shape index (κ2) is 11.4. The quantitative estimate of drug-likeness (QED) is 0.544. The minimum atomic E-state index is -3.51. The molecule has 158 valence electrons. The van der Waals surface area contributed by atoms with Gasteiger partial charge in [0.25, 0.3) is 0 Å². The van der Waals surface area contributed by atoms with Gasteiger partial charge in [-0.15, -0.1) is 0 Å². The fraction of sp³-hybridized carbons (Fsp3) is 0.579. The van der Waals surface area contributed by atoms with E-state index in [-0.39, 0.29) is 19.0 Å². The van der Waals surface area contributed by atoms with Crippen molar-refractivity contribution >= 4 is 33.4 Å². The zero-order valence-corrected chi connectivity index (χ0v) is 18.5. The van der Waals surface area contributed by atoms with Crippen molar-refractivity contribution in [3.8, 4) is 0 Å². The average molecular weight is 432 g/mol. The van der Waals surface area contributed by atoms with Crippen molar-refractivity contribution in [2.75, 3.05) is 26.4 Å². The number of halogens is 1. The van der Waals surface area contributed by atoms with Crippen LogP contribution in [0.25, 0.3) is 0 Å². The van der Waals surface area contributed by atoms with Crippen LogP contribution in [0, 0.1) is 0 Å². The van der Waals surface area contributed by atoms with E-state index in [9.17, 15) is 18.0 Å². The zero-order chi connectivity index (χ0) is 21.3. The number of carbonyl (C=O) groups is 2. The molecular weight excluding hydrogens is 402 g/mol. The van der Waals surface area contributed by atoms with Gasteiger partial charge in [0.15, 0.2) is 0 Å². The molecule has 1 aromatic rings. The number of likely N-dealkylation sites (N-methyl/N-ethyl adjacent to an activating group) is 1. The lowest BCUT2D eigenvalue weighted by Gasteiger charge is -2.30. The summed E-state index contributed by atoms with van der Waals surface area (Å²) in [6.07, 6.45) is 3.97. The zero-order valence-electron chi connectivity index (χ0n) is 16.9. The summed E-state index contributed by atoms with van der Waals surface area (Å²) in [5, 5.41) is 3.41. The molecule has 0 saturated carbocycles. The van der Waals surface area contributed by atoms with Gasteiger partial charge < -0.3 is 10.2 Å². The maximum absolute atomic E-state index is 12.8. The molecule has 7 nitrogen and oxygen atoms in total. The second-order valence-corrected chi connectivity index (χ2v) is 9.37. The van der Waals surface area contributed by atoms with Gasteiger partial charge in [-0.25, -0.2) is 8.42 Å². The third-order valence-corrected chi connectivity index (χ3v) is 5.95. The topological polar surface area (TPSA) is 86.8 Å². The van der Waals surface area contributed by atoms with Crippen LogP contribution in [0.1, 0.15) is 38.7 Å². The van der Waals surface area contributed by atoms with Crippen LogP contribution in [-0.4, -0.2) is 61.9 Å². The molecule has 0 aliphatic rings. The highest BCUT2D eigenvalue weighted by Gasteiger charge is 2.28. The fourth-order valence-electron chi connectivity index (χ4n) is 2.50. The van der Waals surface area contributed by atoms with Crippen LogP contribution in [0.15, 0.2) is 24.3 Å². The molecule has 0 bridgehead atoms. The minimum Gasteiger partial charge on any atom is -0.354 e. The molecule has 1 N–H and O–H groups in total. The van der Waals surface area contributed by atoms with Crippen LogP contribution in [0.4, 0.5) is 0 Å². The Morgan fingerprint density at radius 3 is 2.32 bits per heavy atom. The standard InChI is InChI=1S/C19H30ClN3O4S/c1-5-6-7-12-21-19(25)15(2)23(13-16-8-10-17(20)11-9-16)18(24)14-22(3)28(4,26)27/h8-11,15H,5-7,12-14H2,1-4H3,(H,21,25). The van der Waals surface area contributed by atoms with Crippen molar-refractivity contribution in [2.45, 2.75) is 45.7 Å². The van der Waals surface area contributed by atoms with Crippen LogP contribution in [0.5, 0.6) is 0 Å². The van der Waals surface area contributed by atoms with Gasteiger partial charge in [-0.05, 0) is 31.0 Å². The van der Waals surface area contributed by atoms with E-state index >= 15 is 0 Å². The molecule has 0 radical (unpaired) electrons. The Kier molecular flexibility index (Phi) is 9.92. The Morgan fingerprint density at radius 2 is 1.79 bits per heavy atom. The van der Waals surface area contributed by atoms with E-state index in [0.29, 0.717) is 11.6 Å². The Hall–Kier alpha value is -1.64. The molecule has 0 aromatic heterocycles. The third-order valence-electron chi connectivity index (χ3n) is 4.44. The molecule has 28 heavy (non-hydrogen) atoms. The molecule has 1 unspecified atom stereocenters. The van der Waals surface area contributed by atoms with Crippen LogP contribution >= 0.6 is 11.6 Å². The summed E-state index contributed by atoms with van der Waals surface area (Å²) in [4.78, 5) is 26.7. The first-order chi connectivity index (χ1) is 13.1. The fourth-order valence-corrected chi connectivity index (χ4v) is 2.97. The summed E-state index contributed by atoms with van der Waals surface area (Å²) in [6, 6.07) is 6.22. The maximum Gasteiger partial charge on any atom is 0.242 e. The molecular formula is C19H30ClN3O4S. The van der Waals surface area contributed by atoms with Crippen molar-refractivity contribution in [2.24, 2.45) is 0 Å². The molecule has 0 saturated heterocycles. The number of hydrogen-bond acceptors (Lipinski definition) is 4. The molecule has 0 spiro atoms. The lowest BCUT2D eigenvalue weighted by atomic mass is 10.1. The highest BCUT2D eigenvalue weighted by Crippen LogP contribution is 2.14. The molecule has 9 heteroatoms. The summed E-state index contributed by atoms with van der Waals surface area (Å²) >= 11 is 5.91. The Balaban J connectivity index is 2.93. The molecule has 0 heterocycles. The number of carbonyl (C=O) groups excluding carboxylic acids is 2. The predicted molar refractivity (Wildman–Crippen MR) is 111 cm³/mol. The molecule has 0 aliphatic carbocycles. The maximum atomic E-state index is 12.8. The highest BCUT2D eigenvalue weighted by atomic mass is 35.5. The van der Waals surface area contributed by atoms with Gasteiger partial charge in [0.05, 0.1) is 12.8 Å². The van der Waals surface area contributed by atoms with Crippen molar-refractivity contribution in [3.05, 3.63) is 34.9 Å². The second-order valence-electron chi connectivity index (χ2n) is 6.84. The summed E-state index contributed by atoms with van der Waals surface area (Å²) < 4.78 is 24.3. The van der Waals surface area contributed by atoms with E-state index in [1.807, 2.05) is 0 Å². The lowest BCUT2D eigenvalue weighted by Crippen LogP contribution is -2.50. The van der Waals surface area contributed by atoms with Gasteiger partial charge in [0.1, 0.15) is 6.04 Å². The van der Waals surface area contributed by atoms with E-state index in [1.54, 1.807) is 31.2 Å². The van der Waals surface area contributed by atoms with Gasteiger partial charge in [-0.2, -0.15) is 4.31 Å². The monoisotopic (exact) mass is 431 g/mol. The molecule has 1 atom stereocenters. The molecule has 0 aliphatic heterocycles. The number of rotatable bonds is 11. The highest BCUT2D eigenvalue weighted by molar-refractivity contribution is 7.88. The average Bonchev–Trinajstić information content (AvgIpc) is 2.63. The predicted octanol–water partition coefficient (Wildman–Crippen LogP) is 2.25. The number of benzene rings is 1. The van der Waals surface area contributed by atoms with Crippen LogP contribution in [-0.2, 0) is 26.2 Å². The number of hydrogen-bond donors (Lipinski definition) is 1. The summed E-state index contributed by atoms with van der Waals surface area (Å²) in [6.45, 7) is 4.11. The molecule has 0 fully saturated rings. The first-order valence-corrected chi connectivity index (χ1v) is 11.5. The number of nitrogens with one attached hydrogen (secondary N) is 1. The van der Waals surface area contributed by atoms with Gasteiger partial charge in [0.2, 0.25) is 21.8 Å². The molecule has 1 aromatic carbocycles. The van der Waals surface area contributed by atoms with Gasteiger partial charge in [-0.3, -0.25) is 9.59 Å². The molecule has 2 amide bonds. The van der Waals surface area contributed by atoms with E-state index in [4.69, 9.17) is 11.6 Å². The van der Waals surface area contributed by atoms with Crippen molar-refractivity contribution in [1.82, 2.24) is 14.5 Å². The lowest BCUT2D eigenvalue weighted by molar-refractivity contribution is -0.140. The Bertz CT molecular complexity index is 753. The summed E-state index contributed by atoms with van der Waals surface area (Å²) in [7, 11) is -2.17. The van der Waals surface area contributed by atoms with Crippen molar-refractivity contribution < 1.29 is 18.0 Å². The first kappa shape index (κ1) is 24.4. The SMILES string of the molecule is CCCCCNC(=O)C(C)N(Cc1ccc(Cl)cc1)C(=O)CN(C)S(C)(=O)=O. The third kappa shape index (κ3) is 8.16. The summed E-state index contributed by atoms with van der Waals surface area (Å²) in [5.41, 5.74) is 0.797. The number of nitrogens with zero attached hydrogens (tertiary/aromatic N) is 2. The van der Waals surface area contributed by atoms with E-state index in [0.717, 1.165) is 35.4 Å². The number of sulfonamides is 1. The van der Waals surface area contributed by atoms with Crippen LogP contribution < -0.4 is 5.32 Å². The van der Waals surface area contributed by atoms with E-state index in [2.05, 4.69) is 12.2 Å². The number of unbranched alkanes of at least 4 members (excludes halogenated alkanes) is 2. The Morgan fingerprint density at radius 1 is 1.18 bits per heavy atom. The van der Waals surface area contributed by atoms with Crippen LogP contribution in [0.3, 0.4) is 0 Å². The van der Waals surface area contributed by atoms with Crippen molar-refractivity contribution in [1.29, 1.82) is 0 Å². The van der Waals surface area contributed by atoms with Gasteiger partial charge in [-0.1, -0.05) is 43.5 Å². The molecule has 1 rings (SSSR count).